The Labute approximate surface area is 100 Å². The first-order valence-corrected chi connectivity index (χ1v) is 5.59. The van der Waals surface area contributed by atoms with E-state index in [0.717, 1.165) is 5.56 Å². The van der Waals surface area contributed by atoms with E-state index in [1.54, 1.807) is 18.2 Å². The van der Waals surface area contributed by atoms with Crippen LogP contribution < -0.4 is 5.32 Å². The van der Waals surface area contributed by atoms with Crippen LogP contribution in [0.25, 0.3) is 0 Å². The highest BCUT2D eigenvalue weighted by Gasteiger charge is 2.15. The number of hydrogen-bond acceptors (Lipinski definition) is 2. The van der Waals surface area contributed by atoms with Gasteiger partial charge in [-0.3, -0.25) is 4.79 Å². The van der Waals surface area contributed by atoms with E-state index >= 15 is 0 Å². The van der Waals surface area contributed by atoms with Crippen LogP contribution in [-0.2, 0) is 4.79 Å². The fourth-order valence-electron chi connectivity index (χ4n) is 1.30. The number of carbonyl (C=O) groups is 1. The summed E-state index contributed by atoms with van der Waals surface area (Å²) in [5.41, 5.74) is 0.809. The fourth-order valence-corrected chi connectivity index (χ4v) is 1.49. The van der Waals surface area contributed by atoms with E-state index in [-0.39, 0.29) is 18.4 Å². The summed E-state index contributed by atoms with van der Waals surface area (Å²) in [4.78, 5) is 11.5. The van der Waals surface area contributed by atoms with Gasteiger partial charge in [0.1, 0.15) is 0 Å². The van der Waals surface area contributed by atoms with Crippen LogP contribution in [0.1, 0.15) is 25.5 Å². The molecule has 0 saturated heterocycles. The van der Waals surface area contributed by atoms with Crippen LogP contribution in [0.15, 0.2) is 24.3 Å². The van der Waals surface area contributed by atoms with Gasteiger partial charge in [0, 0.05) is 10.9 Å². The Morgan fingerprint density at radius 1 is 1.50 bits per heavy atom. The van der Waals surface area contributed by atoms with E-state index in [4.69, 9.17) is 11.6 Å². The third kappa shape index (κ3) is 3.51. The molecule has 1 aromatic rings. The van der Waals surface area contributed by atoms with Crippen molar-refractivity contribution in [1.82, 2.24) is 5.32 Å². The van der Waals surface area contributed by atoms with Gasteiger partial charge in [-0.05, 0) is 17.7 Å². The van der Waals surface area contributed by atoms with Crippen molar-refractivity contribution in [3.05, 3.63) is 34.9 Å². The lowest BCUT2D eigenvalue weighted by Crippen LogP contribution is -2.33. The SMILES string of the molecule is CC(C)C(=O)NC(CO)c1cccc(Cl)c1. The molecule has 88 valence electrons. The van der Waals surface area contributed by atoms with E-state index in [9.17, 15) is 9.90 Å². The Bertz CT molecular complexity index is 366. The normalized spacial score (nSPS) is 12.6. The number of carbonyl (C=O) groups excluding carboxylic acids is 1. The molecule has 3 nitrogen and oxygen atoms in total. The van der Waals surface area contributed by atoms with Crippen molar-refractivity contribution in [2.45, 2.75) is 19.9 Å². The highest BCUT2D eigenvalue weighted by atomic mass is 35.5. The molecular weight excluding hydrogens is 226 g/mol. The zero-order valence-corrected chi connectivity index (χ0v) is 10.2. The smallest absolute Gasteiger partial charge is 0.223 e. The second-order valence-electron chi connectivity index (χ2n) is 3.95. The number of nitrogens with one attached hydrogen (secondary N) is 1. The van der Waals surface area contributed by atoms with E-state index in [1.165, 1.54) is 0 Å². The molecule has 16 heavy (non-hydrogen) atoms. The van der Waals surface area contributed by atoms with Gasteiger partial charge in [-0.1, -0.05) is 37.6 Å². The predicted molar refractivity (Wildman–Crippen MR) is 64.3 cm³/mol. The Morgan fingerprint density at radius 2 is 2.19 bits per heavy atom. The first-order chi connectivity index (χ1) is 7.54. The lowest BCUT2D eigenvalue weighted by atomic mass is 10.1. The largest absolute Gasteiger partial charge is 0.394 e. The summed E-state index contributed by atoms with van der Waals surface area (Å²) in [6, 6.07) is 6.72. The summed E-state index contributed by atoms with van der Waals surface area (Å²) in [6.45, 7) is 3.47. The van der Waals surface area contributed by atoms with Gasteiger partial charge in [-0.25, -0.2) is 0 Å². The number of amides is 1. The molecule has 1 aromatic carbocycles. The standard InChI is InChI=1S/C12H16ClNO2/c1-8(2)12(16)14-11(7-15)9-4-3-5-10(13)6-9/h3-6,8,11,15H,7H2,1-2H3,(H,14,16). The number of aliphatic hydroxyl groups is 1. The molecule has 1 amide bonds. The van der Waals surface area contributed by atoms with Crippen molar-refractivity contribution in [2.24, 2.45) is 5.92 Å². The van der Waals surface area contributed by atoms with Crippen LogP contribution in [0.2, 0.25) is 5.02 Å². The Balaban J connectivity index is 2.78. The van der Waals surface area contributed by atoms with Crippen molar-refractivity contribution < 1.29 is 9.90 Å². The second kappa shape index (κ2) is 5.87. The summed E-state index contributed by atoms with van der Waals surface area (Å²) in [6.07, 6.45) is 0. The van der Waals surface area contributed by atoms with Gasteiger partial charge in [0.15, 0.2) is 0 Å². The molecule has 1 rings (SSSR count). The number of hydrogen-bond donors (Lipinski definition) is 2. The topological polar surface area (TPSA) is 49.3 Å². The summed E-state index contributed by atoms with van der Waals surface area (Å²) >= 11 is 5.85. The van der Waals surface area contributed by atoms with E-state index in [2.05, 4.69) is 5.32 Å². The average Bonchev–Trinajstić information content (AvgIpc) is 2.25. The third-order valence-corrected chi connectivity index (χ3v) is 2.51. The molecule has 0 fully saturated rings. The van der Waals surface area contributed by atoms with Crippen LogP contribution in [0, 0.1) is 5.92 Å². The first-order valence-electron chi connectivity index (χ1n) is 5.21. The van der Waals surface area contributed by atoms with E-state index in [1.807, 2.05) is 19.9 Å². The predicted octanol–water partition coefficient (Wildman–Crippen LogP) is 2.15. The molecular formula is C12H16ClNO2. The van der Waals surface area contributed by atoms with Crippen molar-refractivity contribution in [3.63, 3.8) is 0 Å². The molecule has 0 heterocycles. The van der Waals surface area contributed by atoms with Gasteiger partial charge in [0.2, 0.25) is 5.91 Å². The molecule has 1 unspecified atom stereocenters. The molecule has 1 atom stereocenters. The monoisotopic (exact) mass is 241 g/mol. The zero-order valence-electron chi connectivity index (χ0n) is 9.40. The lowest BCUT2D eigenvalue weighted by Gasteiger charge is -2.18. The minimum atomic E-state index is -0.395. The lowest BCUT2D eigenvalue weighted by molar-refractivity contribution is -0.125. The van der Waals surface area contributed by atoms with Gasteiger partial charge in [0.05, 0.1) is 12.6 Å². The Morgan fingerprint density at radius 3 is 2.69 bits per heavy atom. The van der Waals surface area contributed by atoms with Crippen molar-refractivity contribution >= 4 is 17.5 Å². The molecule has 4 heteroatoms. The third-order valence-electron chi connectivity index (χ3n) is 2.27. The summed E-state index contributed by atoms with van der Waals surface area (Å²) in [5.74, 6) is -0.188. The van der Waals surface area contributed by atoms with Crippen LogP contribution >= 0.6 is 11.6 Å². The van der Waals surface area contributed by atoms with Gasteiger partial charge in [-0.15, -0.1) is 0 Å². The van der Waals surface area contributed by atoms with Crippen molar-refractivity contribution in [2.75, 3.05) is 6.61 Å². The maximum absolute atomic E-state index is 11.5. The van der Waals surface area contributed by atoms with Gasteiger partial charge < -0.3 is 10.4 Å². The van der Waals surface area contributed by atoms with Gasteiger partial charge in [0.25, 0.3) is 0 Å². The number of aliphatic hydroxyl groups excluding tert-OH is 1. The molecule has 0 aliphatic rings. The summed E-state index contributed by atoms with van der Waals surface area (Å²) < 4.78 is 0. The molecule has 0 saturated carbocycles. The summed E-state index contributed by atoms with van der Waals surface area (Å²) in [5, 5.41) is 12.6. The van der Waals surface area contributed by atoms with E-state index < -0.39 is 6.04 Å². The molecule has 0 bridgehead atoms. The zero-order chi connectivity index (χ0) is 12.1. The highest BCUT2D eigenvalue weighted by molar-refractivity contribution is 6.30. The highest BCUT2D eigenvalue weighted by Crippen LogP contribution is 2.17. The molecule has 0 aliphatic carbocycles. The molecule has 0 aromatic heterocycles. The molecule has 0 radical (unpaired) electrons. The van der Waals surface area contributed by atoms with Crippen LogP contribution in [0.5, 0.6) is 0 Å². The molecule has 0 spiro atoms. The molecule has 2 N–H and O–H groups in total. The number of rotatable bonds is 4. The molecule has 0 aliphatic heterocycles. The fraction of sp³-hybridized carbons (Fsp3) is 0.417. The minimum Gasteiger partial charge on any atom is -0.394 e. The Hall–Kier alpha value is -1.06. The van der Waals surface area contributed by atoms with Crippen LogP contribution in [0.4, 0.5) is 0 Å². The van der Waals surface area contributed by atoms with Crippen molar-refractivity contribution in [3.8, 4) is 0 Å². The van der Waals surface area contributed by atoms with E-state index in [0.29, 0.717) is 5.02 Å². The van der Waals surface area contributed by atoms with Gasteiger partial charge in [-0.2, -0.15) is 0 Å². The summed E-state index contributed by atoms with van der Waals surface area (Å²) in [7, 11) is 0. The minimum absolute atomic E-state index is 0.0842. The maximum atomic E-state index is 11.5. The number of benzene rings is 1. The van der Waals surface area contributed by atoms with Crippen molar-refractivity contribution in [1.29, 1.82) is 0 Å². The number of halogens is 1. The Kier molecular flexibility index (Phi) is 4.77. The maximum Gasteiger partial charge on any atom is 0.223 e. The van der Waals surface area contributed by atoms with Gasteiger partial charge >= 0.3 is 0 Å². The average molecular weight is 242 g/mol. The van der Waals surface area contributed by atoms with Crippen LogP contribution in [0.3, 0.4) is 0 Å². The second-order valence-corrected chi connectivity index (χ2v) is 4.39. The first kappa shape index (κ1) is 13.0. The van der Waals surface area contributed by atoms with Crippen LogP contribution in [-0.4, -0.2) is 17.6 Å². The quantitative estimate of drug-likeness (QED) is 0.849.